The molecule has 0 saturated carbocycles. The molecule has 0 spiro atoms. The molecule has 2 aromatic carbocycles. The van der Waals surface area contributed by atoms with Gasteiger partial charge in [0, 0.05) is 5.56 Å². The van der Waals surface area contributed by atoms with Gasteiger partial charge in [-0.25, -0.2) is 9.82 Å². The van der Waals surface area contributed by atoms with E-state index in [1.807, 2.05) is 6.07 Å². The smallest absolute Gasteiger partial charge is 0.289 e. The van der Waals surface area contributed by atoms with Gasteiger partial charge in [-0.05, 0) is 42.0 Å². The van der Waals surface area contributed by atoms with Gasteiger partial charge >= 0.3 is 0 Å². The predicted octanol–water partition coefficient (Wildman–Crippen LogP) is 2.71. The van der Waals surface area contributed by atoms with Crippen molar-refractivity contribution in [3.8, 4) is 22.8 Å². The lowest BCUT2D eigenvalue weighted by Crippen LogP contribution is -2.17. The Kier molecular flexibility index (Phi) is 4.06. The number of nitrogens with zero attached hydrogens (tertiary/aromatic N) is 2. The molecule has 8 heteroatoms. The zero-order valence-corrected chi connectivity index (χ0v) is 13.4. The molecule has 2 heterocycles. The lowest BCUT2D eigenvalue weighted by molar-refractivity contribution is 0.0950. The van der Waals surface area contributed by atoms with Gasteiger partial charge < -0.3 is 9.47 Å². The Balaban J connectivity index is 1.44. The summed E-state index contributed by atoms with van der Waals surface area (Å²) < 4.78 is 23.4. The van der Waals surface area contributed by atoms with E-state index in [1.54, 1.807) is 30.3 Å². The normalized spacial score (nSPS) is 12.5. The van der Waals surface area contributed by atoms with E-state index in [1.165, 1.54) is 18.3 Å². The SMILES string of the molecule is O=C(N/N=C/c1ccc(F)cc1)c1cc(-c2ccc3c(c2)OCO3)n[nH]1. The first-order valence-corrected chi connectivity index (χ1v) is 7.73. The van der Waals surface area contributed by atoms with Crippen LogP contribution in [0.25, 0.3) is 11.3 Å². The summed E-state index contributed by atoms with van der Waals surface area (Å²) in [6.45, 7) is 0.194. The van der Waals surface area contributed by atoms with Gasteiger partial charge in [0.1, 0.15) is 11.5 Å². The van der Waals surface area contributed by atoms with Crippen molar-refractivity contribution < 1.29 is 18.7 Å². The number of rotatable bonds is 4. The largest absolute Gasteiger partial charge is 0.454 e. The highest BCUT2D eigenvalue weighted by atomic mass is 19.1. The first-order valence-electron chi connectivity index (χ1n) is 7.73. The van der Waals surface area contributed by atoms with Gasteiger partial charge in [-0.1, -0.05) is 12.1 Å². The van der Waals surface area contributed by atoms with Crippen LogP contribution in [-0.4, -0.2) is 29.1 Å². The van der Waals surface area contributed by atoms with E-state index in [9.17, 15) is 9.18 Å². The summed E-state index contributed by atoms with van der Waals surface area (Å²) in [5, 5.41) is 10.6. The maximum absolute atomic E-state index is 12.8. The molecular formula is C18H13FN4O3. The molecule has 26 heavy (non-hydrogen) atoms. The van der Waals surface area contributed by atoms with E-state index >= 15 is 0 Å². The van der Waals surface area contributed by atoms with Crippen molar-refractivity contribution in [2.75, 3.05) is 6.79 Å². The number of hydrogen-bond donors (Lipinski definition) is 2. The molecule has 1 amide bonds. The van der Waals surface area contributed by atoms with Crippen molar-refractivity contribution in [2.24, 2.45) is 5.10 Å². The first-order chi connectivity index (χ1) is 12.7. The number of halogens is 1. The van der Waals surface area contributed by atoms with Crippen molar-refractivity contribution in [3.05, 3.63) is 65.6 Å². The molecule has 1 aromatic heterocycles. The number of aromatic amines is 1. The van der Waals surface area contributed by atoms with Gasteiger partial charge in [0.2, 0.25) is 6.79 Å². The number of amides is 1. The maximum atomic E-state index is 12.8. The van der Waals surface area contributed by atoms with Crippen LogP contribution in [0.1, 0.15) is 16.1 Å². The van der Waals surface area contributed by atoms with E-state index in [0.717, 1.165) is 5.56 Å². The van der Waals surface area contributed by atoms with Crippen molar-refractivity contribution in [3.63, 3.8) is 0 Å². The molecule has 0 bridgehead atoms. The fraction of sp³-hybridized carbons (Fsp3) is 0.0556. The molecule has 2 N–H and O–H groups in total. The molecule has 0 unspecified atom stereocenters. The number of hydrogen-bond acceptors (Lipinski definition) is 5. The number of carbonyl (C=O) groups is 1. The summed E-state index contributed by atoms with van der Waals surface area (Å²) >= 11 is 0. The number of carbonyl (C=O) groups excluding carboxylic acids is 1. The molecule has 0 fully saturated rings. The van der Waals surface area contributed by atoms with Crippen LogP contribution in [0, 0.1) is 5.82 Å². The Bertz CT molecular complexity index is 982. The maximum Gasteiger partial charge on any atom is 0.289 e. The third kappa shape index (κ3) is 3.25. The summed E-state index contributed by atoms with van der Waals surface area (Å²) in [4.78, 5) is 12.1. The summed E-state index contributed by atoms with van der Waals surface area (Å²) in [6.07, 6.45) is 1.42. The van der Waals surface area contributed by atoms with E-state index in [-0.39, 0.29) is 18.3 Å². The molecule has 0 saturated heterocycles. The third-order valence-electron chi connectivity index (χ3n) is 3.74. The van der Waals surface area contributed by atoms with E-state index in [4.69, 9.17) is 9.47 Å². The lowest BCUT2D eigenvalue weighted by Gasteiger charge is -1.99. The number of nitrogens with one attached hydrogen (secondary N) is 2. The zero-order chi connectivity index (χ0) is 17.9. The van der Waals surface area contributed by atoms with Crippen LogP contribution in [0.4, 0.5) is 4.39 Å². The Hall–Kier alpha value is -3.68. The van der Waals surface area contributed by atoms with Crippen LogP contribution >= 0.6 is 0 Å². The second-order valence-corrected chi connectivity index (χ2v) is 5.49. The quantitative estimate of drug-likeness (QED) is 0.558. The highest BCUT2D eigenvalue weighted by Crippen LogP contribution is 2.35. The summed E-state index contributed by atoms with van der Waals surface area (Å²) in [5.74, 6) is 0.542. The van der Waals surface area contributed by atoms with E-state index in [2.05, 4.69) is 20.7 Å². The summed E-state index contributed by atoms with van der Waals surface area (Å²) in [7, 11) is 0. The lowest BCUT2D eigenvalue weighted by atomic mass is 10.1. The molecule has 4 rings (SSSR count). The van der Waals surface area contributed by atoms with Crippen LogP contribution in [0.5, 0.6) is 11.5 Å². The second kappa shape index (κ2) is 6.67. The topological polar surface area (TPSA) is 88.6 Å². The average Bonchev–Trinajstić information content (AvgIpc) is 3.32. The van der Waals surface area contributed by atoms with Crippen LogP contribution in [0.2, 0.25) is 0 Å². The van der Waals surface area contributed by atoms with Crippen LogP contribution in [-0.2, 0) is 0 Å². The van der Waals surface area contributed by atoms with Gasteiger partial charge in [0.15, 0.2) is 11.5 Å². The summed E-state index contributed by atoms with van der Waals surface area (Å²) in [6, 6.07) is 12.8. The van der Waals surface area contributed by atoms with Gasteiger partial charge in [-0.2, -0.15) is 10.2 Å². The number of H-pyrrole nitrogens is 1. The van der Waals surface area contributed by atoms with Gasteiger partial charge in [0.25, 0.3) is 5.91 Å². The molecular weight excluding hydrogens is 339 g/mol. The molecule has 3 aromatic rings. The Morgan fingerprint density at radius 1 is 1.15 bits per heavy atom. The van der Waals surface area contributed by atoms with Crippen LogP contribution in [0.3, 0.4) is 0 Å². The number of aromatic nitrogens is 2. The van der Waals surface area contributed by atoms with Crippen molar-refractivity contribution in [1.29, 1.82) is 0 Å². The Morgan fingerprint density at radius 2 is 1.96 bits per heavy atom. The zero-order valence-electron chi connectivity index (χ0n) is 13.4. The van der Waals surface area contributed by atoms with Gasteiger partial charge in [0.05, 0.1) is 11.9 Å². The second-order valence-electron chi connectivity index (χ2n) is 5.49. The van der Waals surface area contributed by atoms with E-state index < -0.39 is 5.91 Å². The summed E-state index contributed by atoms with van der Waals surface area (Å²) in [5.41, 5.74) is 4.70. The number of ether oxygens (including phenoxy) is 2. The minimum absolute atomic E-state index is 0.194. The number of benzene rings is 2. The molecule has 0 aliphatic carbocycles. The van der Waals surface area contributed by atoms with Gasteiger partial charge in [-0.3, -0.25) is 9.89 Å². The highest BCUT2D eigenvalue weighted by Gasteiger charge is 2.16. The first kappa shape index (κ1) is 15.8. The highest BCUT2D eigenvalue weighted by molar-refractivity contribution is 5.94. The van der Waals surface area contributed by atoms with Crippen LogP contribution in [0.15, 0.2) is 53.6 Å². The van der Waals surface area contributed by atoms with Crippen molar-refractivity contribution in [2.45, 2.75) is 0 Å². The standard InChI is InChI=1S/C18H13FN4O3/c19-13-4-1-11(2-5-13)9-20-23-18(24)15-8-14(21-22-15)12-3-6-16-17(7-12)26-10-25-16/h1-9H,10H2,(H,21,22)(H,23,24)/b20-9+. The third-order valence-corrected chi connectivity index (χ3v) is 3.74. The molecule has 1 aliphatic heterocycles. The Labute approximate surface area is 147 Å². The number of hydrazone groups is 1. The molecule has 7 nitrogen and oxygen atoms in total. The predicted molar refractivity (Wildman–Crippen MR) is 91.6 cm³/mol. The fourth-order valence-corrected chi connectivity index (χ4v) is 2.42. The van der Waals surface area contributed by atoms with Crippen molar-refractivity contribution in [1.82, 2.24) is 15.6 Å². The monoisotopic (exact) mass is 352 g/mol. The van der Waals surface area contributed by atoms with Crippen molar-refractivity contribution >= 4 is 12.1 Å². The van der Waals surface area contributed by atoms with E-state index in [0.29, 0.717) is 22.8 Å². The molecule has 0 radical (unpaired) electrons. The minimum atomic E-state index is -0.442. The molecule has 130 valence electrons. The van der Waals surface area contributed by atoms with Crippen LogP contribution < -0.4 is 14.9 Å². The minimum Gasteiger partial charge on any atom is -0.454 e. The Morgan fingerprint density at radius 3 is 2.81 bits per heavy atom. The average molecular weight is 352 g/mol. The molecule has 0 atom stereocenters. The van der Waals surface area contributed by atoms with Gasteiger partial charge in [-0.15, -0.1) is 0 Å². The number of fused-ring (bicyclic) bond motifs is 1. The fourth-order valence-electron chi connectivity index (χ4n) is 2.42. The molecule has 1 aliphatic rings.